The highest BCUT2D eigenvalue weighted by atomic mass is 16.5. The maximum Gasteiger partial charge on any atom is 0.237 e. The maximum atomic E-state index is 5.64. The van der Waals surface area contributed by atoms with Gasteiger partial charge in [-0.25, -0.2) is 4.98 Å². The molecule has 0 aromatic carbocycles. The summed E-state index contributed by atoms with van der Waals surface area (Å²) in [6.45, 7) is 3.89. The van der Waals surface area contributed by atoms with Gasteiger partial charge in [0.05, 0.1) is 25.1 Å². The summed E-state index contributed by atoms with van der Waals surface area (Å²) in [6, 6.07) is 1.70. The molecule has 0 saturated carbocycles. The third kappa shape index (κ3) is 2.50. The zero-order chi connectivity index (χ0) is 9.84. The molecule has 0 saturated heterocycles. The molecule has 13 heavy (non-hydrogen) atoms. The van der Waals surface area contributed by atoms with Gasteiger partial charge in [-0.1, -0.05) is 0 Å². The second-order valence-electron chi connectivity index (χ2n) is 2.94. The summed E-state index contributed by atoms with van der Waals surface area (Å²) in [7, 11) is 1.53. The van der Waals surface area contributed by atoms with Crippen molar-refractivity contribution in [1.29, 1.82) is 0 Å². The van der Waals surface area contributed by atoms with Crippen LogP contribution >= 0.6 is 0 Å². The Hall–Kier alpha value is -1.45. The Bertz CT molecular complexity index is 287. The molecule has 0 amide bonds. The van der Waals surface area contributed by atoms with Crippen molar-refractivity contribution < 1.29 is 9.47 Å². The minimum absolute atomic E-state index is 0.120. The van der Waals surface area contributed by atoms with E-state index in [4.69, 9.17) is 15.2 Å². The predicted octanol–water partition coefficient (Wildman–Crippen LogP) is 1.46. The molecule has 4 nitrogen and oxygen atoms in total. The van der Waals surface area contributed by atoms with E-state index >= 15 is 0 Å². The van der Waals surface area contributed by atoms with Gasteiger partial charge in [0, 0.05) is 6.07 Å². The third-order valence-corrected chi connectivity index (χ3v) is 1.42. The third-order valence-electron chi connectivity index (χ3n) is 1.42. The minimum atomic E-state index is 0.120. The summed E-state index contributed by atoms with van der Waals surface area (Å²) < 4.78 is 10.3. The molecule has 4 heteroatoms. The summed E-state index contributed by atoms with van der Waals surface area (Å²) in [5.41, 5.74) is 6.13. The monoisotopic (exact) mass is 182 g/mol. The molecule has 0 aliphatic carbocycles. The van der Waals surface area contributed by atoms with Crippen LogP contribution in [0.4, 0.5) is 5.69 Å². The molecule has 0 aliphatic heterocycles. The van der Waals surface area contributed by atoms with E-state index in [9.17, 15) is 0 Å². The summed E-state index contributed by atoms with van der Waals surface area (Å²) in [4.78, 5) is 3.98. The van der Waals surface area contributed by atoms with E-state index in [0.29, 0.717) is 17.3 Å². The van der Waals surface area contributed by atoms with Crippen LogP contribution in [0.3, 0.4) is 0 Å². The van der Waals surface area contributed by atoms with Crippen molar-refractivity contribution in [2.45, 2.75) is 20.0 Å². The lowest BCUT2D eigenvalue weighted by Crippen LogP contribution is -2.06. The molecule has 0 fully saturated rings. The van der Waals surface area contributed by atoms with Crippen molar-refractivity contribution in [3.63, 3.8) is 0 Å². The van der Waals surface area contributed by atoms with E-state index < -0.39 is 0 Å². The number of hydrogen-bond acceptors (Lipinski definition) is 4. The first-order valence-corrected chi connectivity index (χ1v) is 4.09. The lowest BCUT2D eigenvalue weighted by atomic mass is 10.4. The lowest BCUT2D eigenvalue weighted by Gasteiger charge is -2.10. The number of ether oxygens (including phenoxy) is 2. The minimum Gasteiger partial charge on any atom is -0.489 e. The van der Waals surface area contributed by atoms with Gasteiger partial charge < -0.3 is 15.2 Å². The van der Waals surface area contributed by atoms with Crippen molar-refractivity contribution in [2.24, 2.45) is 0 Å². The molecule has 1 rings (SSSR count). The van der Waals surface area contributed by atoms with Gasteiger partial charge in [-0.3, -0.25) is 0 Å². The highest BCUT2D eigenvalue weighted by molar-refractivity contribution is 5.51. The van der Waals surface area contributed by atoms with Gasteiger partial charge in [-0.05, 0) is 13.8 Å². The topological polar surface area (TPSA) is 57.4 Å². The van der Waals surface area contributed by atoms with E-state index in [2.05, 4.69) is 4.98 Å². The van der Waals surface area contributed by atoms with Crippen LogP contribution in [-0.4, -0.2) is 18.2 Å². The quantitative estimate of drug-likeness (QED) is 0.768. The van der Waals surface area contributed by atoms with Crippen molar-refractivity contribution >= 4 is 5.69 Å². The number of hydrogen-bond donors (Lipinski definition) is 1. The SMILES string of the molecule is COc1ncc(OC(C)C)cc1N. The molecular weight excluding hydrogens is 168 g/mol. The summed E-state index contributed by atoms with van der Waals surface area (Å²) in [5, 5.41) is 0. The van der Waals surface area contributed by atoms with E-state index in [1.807, 2.05) is 13.8 Å². The molecule has 1 aromatic heterocycles. The molecule has 1 heterocycles. The van der Waals surface area contributed by atoms with Crippen LogP contribution in [0.2, 0.25) is 0 Å². The molecule has 0 spiro atoms. The summed E-state index contributed by atoms with van der Waals surface area (Å²) >= 11 is 0. The number of rotatable bonds is 3. The number of aromatic nitrogens is 1. The Morgan fingerprint density at radius 3 is 2.62 bits per heavy atom. The Kier molecular flexibility index (Phi) is 2.95. The van der Waals surface area contributed by atoms with Gasteiger partial charge in [-0.2, -0.15) is 0 Å². The van der Waals surface area contributed by atoms with Gasteiger partial charge in [-0.15, -0.1) is 0 Å². The zero-order valence-electron chi connectivity index (χ0n) is 8.07. The number of anilines is 1. The normalized spacial score (nSPS) is 10.2. The molecule has 0 aliphatic rings. The van der Waals surface area contributed by atoms with Gasteiger partial charge in [0.15, 0.2) is 0 Å². The number of nitrogens with two attached hydrogens (primary N) is 1. The van der Waals surface area contributed by atoms with Gasteiger partial charge in [0.25, 0.3) is 0 Å². The summed E-state index contributed by atoms with van der Waals surface area (Å²) in [6.07, 6.45) is 1.71. The standard InChI is InChI=1S/C9H14N2O2/c1-6(2)13-7-4-8(10)9(12-3)11-5-7/h4-6H,10H2,1-3H3. The smallest absolute Gasteiger partial charge is 0.237 e. The average molecular weight is 182 g/mol. The fourth-order valence-electron chi connectivity index (χ4n) is 0.956. The highest BCUT2D eigenvalue weighted by Gasteiger charge is 2.03. The Balaban J connectivity index is 2.83. The average Bonchev–Trinajstić information content (AvgIpc) is 2.03. The maximum absolute atomic E-state index is 5.64. The predicted molar refractivity (Wildman–Crippen MR) is 51.0 cm³/mol. The zero-order valence-corrected chi connectivity index (χ0v) is 8.07. The fourth-order valence-corrected chi connectivity index (χ4v) is 0.956. The molecule has 0 atom stereocenters. The van der Waals surface area contributed by atoms with E-state index in [-0.39, 0.29) is 6.10 Å². The lowest BCUT2D eigenvalue weighted by molar-refractivity contribution is 0.241. The molecule has 2 N–H and O–H groups in total. The van der Waals surface area contributed by atoms with Gasteiger partial charge in [0.2, 0.25) is 5.88 Å². The van der Waals surface area contributed by atoms with Crippen LogP contribution in [-0.2, 0) is 0 Å². The van der Waals surface area contributed by atoms with Crippen LogP contribution in [0, 0.1) is 0 Å². The number of nitrogens with zero attached hydrogens (tertiary/aromatic N) is 1. The molecular formula is C9H14N2O2. The first-order chi connectivity index (χ1) is 6.13. The summed E-state index contributed by atoms with van der Waals surface area (Å²) in [5.74, 6) is 1.09. The van der Waals surface area contributed by atoms with E-state index in [1.165, 1.54) is 7.11 Å². The number of methoxy groups -OCH3 is 1. The second kappa shape index (κ2) is 3.98. The largest absolute Gasteiger partial charge is 0.489 e. The van der Waals surface area contributed by atoms with Crippen LogP contribution in [0.15, 0.2) is 12.3 Å². The van der Waals surface area contributed by atoms with Crippen LogP contribution < -0.4 is 15.2 Å². The molecule has 1 aromatic rings. The number of pyridine rings is 1. The molecule has 72 valence electrons. The second-order valence-corrected chi connectivity index (χ2v) is 2.94. The van der Waals surface area contributed by atoms with Crippen molar-refractivity contribution in [2.75, 3.05) is 12.8 Å². The van der Waals surface area contributed by atoms with Crippen molar-refractivity contribution in [1.82, 2.24) is 4.98 Å². The molecule has 0 bridgehead atoms. The van der Waals surface area contributed by atoms with Gasteiger partial charge >= 0.3 is 0 Å². The Morgan fingerprint density at radius 2 is 2.15 bits per heavy atom. The Labute approximate surface area is 77.7 Å². The first-order valence-electron chi connectivity index (χ1n) is 4.09. The Morgan fingerprint density at radius 1 is 1.46 bits per heavy atom. The van der Waals surface area contributed by atoms with Crippen molar-refractivity contribution in [3.8, 4) is 11.6 Å². The fraction of sp³-hybridized carbons (Fsp3) is 0.444. The highest BCUT2D eigenvalue weighted by Crippen LogP contribution is 2.23. The van der Waals surface area contributed by atoms with Crippen molar-refractivity contribution in [3.05, 3.63) is 12.3 Å². The van der Waals surface area contributed by atoms with Gasteiger partial charge in [0.1, 0.15) is 5.75 Å². The first kappa shape index (κ1) is 9.64. The van der Waals surface area contributed by atoms with Crippen LogP contribution in [0.25, 0.3) is 0 Å². The van der Waals surface area contributed by atoms with E-state index in [0.717, 1.165) is 0 Å². The van der Waals surface area contributed by atoms with E-state index in [1.54, 1.807) is 12.3 Å². The molecule has 0 radical (unpaired) electrons. The van der Waals surface area contributed by atoms with Crippen LogP contribution in [0.5, 0.6) is 11.6 Å². The number of nitrogen functional groups attached to an aromatic ring is 1. The van der Waals surface area contributed by atoms with Crippen LogP contribution in [0.1, 0.15) is 13.8 Å². The molecule has 0 unspecified atom stereocenters.